The summed E-state index contributed by atoms with van der Waals surface area (Å²) in [7, 11) is 4.12. The number of nitrogens with zero attached hydrogens (tertiary/aromatic N) is 3. The van der Waals surface area contributed by atoms with Gasteiger partial charge in [0, 0.05) is 24.8 Å². The van der Waals surface area contributed by atoms with Crippen LogP contribution in [0.2, 0.25) is 0 Å². The molecule has 0 unspecified atom stereocenters. The number of nitrogens with one attached hydrogen (secondary N) is 1. The standard InChI is InChI=1S/C13H24N4O/c1-5-7-14-13-15-10-11(2)12(16-13)18-9-6-8-17(3)4/h10H,5-9H2,1-4H3,(H,14,15,16). The second-order valence-corrected chi connectivity index (χ2v) is 4.61. The minimum absolute atomic E-state index is 0.644. The van der Waals surface area contributed by atoms with Crippen molar-refractivity contribution in [3.05, 3.63) is 11.8 Å². The summed E-state index contributed by atoms with van der Waals surface area (Å²) >= 11 is 0. The second-order valence-electron chi connectivity index (χ2n) is 4.61. The first kappa shape index (κ1) is 14.7. The van der Waals surface area contributed by atoms with Crippen LogP contribution in [-0.2, 0) is 0 Å². The van der Waals surface area contributed by atoms with Gasteiger partial charge in [-0.25, -0.2) is 4.98 Å². The van der Waals surface area contributed by atoms with E-state index in [1.165, 1.54) is 0 Å². The lowest BCUT2D eigenvalue weighted by atomic mass is 10.3. The molecule has 0 aliphatic heterocycles. The monoisotopic (exact) mass is 252 g/mol. The van der Waals surface area contributed by atoms with Gasteiger partial charge < -0.3 is 15.0 Å². The molecule has 0 amide bonds. The second kappa shape index (κ2) is 7.87. The van der Waals surface area contributed by atoms with Crippen LogP contribution in [0, 0.1) is 6.92 Å². The predicted molar refractivity (Wildman–Crippen MR) is 74.2 cm³/mol. The van der Waals surface area contributed by atoms with Gasteiger partial charge in [0.25, 0.3) is 0 Å². The van der Waals surface area contributed by atoms with Gasteiger partial charge in [0.15, 0.2) is 0 Å². The van der Waals surface area contributed by atoms with Crippen molar-refractivity contribution in [1.29, 1.82) is 0 Å². The fourth-order valence-corrected chi connectivity index (χ4v) is 1.44. The van der Waals surface area contributed by atoms with Crippen LogP contribution in [0.5, 0.6) is 5.88 Å². The molecule has 0 bridgehead atoms. The van der Waals surface area contributed by atoms with Gasteiger partial charge in [-0.15, -0.1) is 0 Å². The van der Waals surface area contributed by atoms with Gasteiger partial charge in [-0.3, -0.25) is 0 Å². The molecule has 0 aromatic carbocycles. The summed E-state index contributed by atoms with van der Waals surface area (Å²) in [5, 5.41) is 3.16. The van der Waals surface area contributed by atoms with Gasteiger partial charge in [-0.2, -0.15) is 4.98 Å². The third-order valence-corrected chi connectivity index (χ3v) is 2.45. The van der Waals surface area contributed by atoms with E-state index in [2.05, 4.69) is 41.2 Å². The van der Waals surface area contributed by atoms with Crippen molar-refractivity contribution >= 4 is 5.95 Å². The Morgan fingerprint density at radius 2 is 2.17 bits per heavy atom. The molecule has 18 heavy (non-hydrogen) atoms. The van der Waals surface area contributed by atoms with Crippen molar-refractivity contribution in [3.8, 4) is 5.88 Å². The van der Waals surface area contributed by atoms with Gasteiger partial charge >= 0.3 is 0 Å². The molecular weight excluding hydrogens is 228 g/mol. The van der Waals surface area contributed by atoms with E-state index in [9.17, 15) is 0 Å². The van der Waals surface area contributed by atoms with Crippen molar-refractivity contribution in [2.45, 2.75) is 26.7 Å². The van der Waals surface area contributed by atoms with Gasteiger partial charge in [0.1, 0.15) is 0 Å². The Kier molecular flexibility index (Phi) is 6.43. The van der Waals surface area contributed by atoms with Gasteiger partial charge in [0.05, 0.1) is 6.61 Å². The first-order chi connectivity index (χ1) is 8.63. The fraction of sp³-hybridized carbons (Fsp3) is 0.692. The van der Waals surface area contributed by atoms with Crippen LogP contribution in [0.1, 0.15) is 25.3 Å². The number of aromatic nitrogens is 2. The number of hydrogen-bond donors (Lipinski definition) is 1. The smallest absolute Gasteiger partial charge is 0.225 e. The van der Waals surface area contributed by atoms with Gasteiger partial charge in [-0.1, -0.05) is 6.92 Å². The summed E-state index contributed by atoms with van der Waals surface area (Å²) in [5.74, 6) is 1.33. The number of ether oxygens (including phenoxy) is 1. The maximum Gasteiger partial charge on any atom is 0.225 e. The van der Waals surface area contributed by atoms with Crippen LogP contribution < -0.4 is 10.1 Å². The minimum Gasteiger partial charge on any atom is -0.477 e. The van der Waals surface area contributed by atoms with E-state index in [1.807, 2.05) is 6.92 Å². The molecule has 0 saturated carbocycles. The van der Waals surface area contributed by atoms with E-state index in [1.54, 1.807) is 6.20 Å². The molecule has 1 rings (SSSR count). The Morgan fingerprint density at radius 1 is 1.39 bits per heavy atom. The first-order valence-electron chi connectivity index (χ1n) is 6.48. The summed E-state index contributed by atoms with van der Waals surface area (Å²) in [6, 6.07) is 0. The van der Waals surface area contributed by atoms with Gasteiger partial charge in [-0.05, 0) is 33.9 Å². The minimum atomic E-state index is 0.644. The highest BCUT2D eigenvalue weighted by atomic mass is 16.5. The van der Waals surface area contributed by atoms with E-state index < -0.39 is 0 Å². The normalized spacial score (nSPS) is 10.7. The summed E-state index contributed by atoms with van der Waals surface area (Å²) in [6.07, 6.45) is 3.84. The number of aryl methyl sites for hydroxylation is 1. The van der Waals surface area contributed by atoms with E-state index in [4.69, 9.17) is 4.74 Å². The fourth-order valence-electron chi connectivity index (χ4n) is 1.44. The topological polar surface area (TPSA) is 50.3 Å². The predicted octanol–water partition coefficient (Wildman–Crippen LogP) is 1.94. The molecule has 0 aliphatic rings. The first-order valence-corrected chi connectivity index (χ1v) is 6.48. The highest BCUT2D eigenvalue weighted by molar-refractivity contribution is 5.32. The maximum atomic E-state index is 5.69. The van der Waals surface area contributed by atoms with Gasteiger partial charge in [0.2, 0.25) is 11.8 Å². The van der Waals surface area contributed by atoms with Crippen molar-refractivity contribution in [2.75, 3.05) is 39.1 Å². The van der Waals surface area contributed by atoms with Crippen LogP contribution in [0.25, 0.3) is 0 Å². The molecule has 5 nitrogen and oxygen atoms in total. The molecule has 1 aromatic heterocycles. The Balaban J connectivity index is 2.47. The summed E-state index contributed by atoms with van der Waals surface area (Å²) < 4.78 is 5.69. The summed E-state index contributed by atoms with van der Waals surface area (Å²) in [4.78, 5) is 10.7. The molecule has 1 aromatic rings. The number of anilines is 1. The van der Waals surface area contributed by atoms with Crippen molar-refractivity contribution in [1.82, 2.24) is 14.9 Å². The molecule has 0 spiro atoms. The molecule has 1 heterocycles. The van der Waals surface area contributed by atoms with E-state index in [-0.39, 0.29) is 0 Å². The molecule has 0 fully saturated rings. The van der Waals surface area contributed by atoms with E-state index in [0.717, 1.165) is 31.5 Å². The zero-order valence-corrected chi connectivity index (χ0v) is 11.9. The zero-order valence-electron chi connectivity index (χ0n) is 11.9. The maximum absolute atomic E-state index is 5.69. The van der Waals surface area contributed by atoms with Crippen molar-refractivity contribution in [2.24, 2.45) is 0 Å². The largest absolute Gasteiger partial charge is 0.477 e. The van der Waals surface area contributed by atoms with Crippen LogP contribution in [0.4, 0.5) is 5.95 Å². The highest BCUT2D eigenvalue weighted by Gasteiger charge is 2.04. The lowest BCUT2D eigenvalue weighted by Crippen LogP contribution is -2.16. The van der Waals surface area contributed by atoms with Crippen LogP contribution >= 0.6 is 0 Å². The van der Waals surface area contributed by atoms with Crippen LogP contribution in [0.3, 0.4) is 0 Å². The zero-order chi connectivity index (χ0) is 13.4. The Hall–Kier alpha value is -1.36. The summed E-state index contributed by atoms with van der Waals surface area (Å²) in [5.41, 5.74) is 0.974. The average molecular weight is 252 g/mol. The highest BCUT2D eigenvalue weighted by Crippen LogP contribution is 2.15. The molecule has 102 valence electrons. The summed E-state index contributed by atoms with van der Waals surface area (Å²) in [6.45, 7) is 6.65. The Labute approximate surface area is 110 Å². The number of rotatable bonds is 8. The quantitative estimate of drug-likeness (QED) is 0.717. The molecular formula is C13H24N4O. The lowest BCUT2D eigenvalue weighted by Gasteiger charge is -2.12. The van der Waals surface area contributed by atoms with Crippen LogP contribution in [-0.4, -0.2) is 48.7 Å². The Morgan fingerprint density at radius 3 is 2.83 bits per heavy atom. The third-order valence-electron chi connectivity index (χ3n) is 2.45. The Bertz CT molecular complexity index is 355. The number of hydrogen-bond acceptors (Lipinski definition) is 5. The van der Waals surface area contributed by atoms with Crippen molar-refractivity contribution < 1.29 is 4.74 Å². The molecule has 0 atom stereocenters. The van der Waals surface area contributed by atoms with E-state index >= 15 is 0 Å². The van der Waals surface area contributed by atoms with Crippen LogP contribution in [0.15, 0.2) is 6.20 Å². The third kappa shape index (κ3) is 5.31. The molecule has 0 aliphatic carbocycles. The molecule has 1 N–H and O–H groups in total. The molecule has 0 radical (unpaired) electrons. The lowest BCUT2D eigenvalue weighted by molar-refractivity contribution is 0.271. The van der Waals surface area contributed by atoms with E-state index in [0.29, 0.717) is 18.4 Å². The molecule has 5 heteroatoms. The SMILES string of the molecule is CCCNc1ncc(C)c(OCCCN(C)C)n1. The molecule has 0 saturated heterocycles. The van der Waals surface area contributed by atoms with Crippen molar-refractivity contribution in [3.63, 3.8) is 0 Å². The average Bonchev–Trinajstić information content (AvgIpc) is 2.34.